The van der Waals surface area contributed by atoms with Crippen LogP contribution >= 0.6 is 0 Å². The zero-order valence-corrected chi connectivity index (χ0v) is 9.31. The number of pyridine rings is 1. The van der Waals surface area contributed by atoms with Gasteiger partial charge >= 0.3 is 0 Å². The molecular weight excluding hydrogens is 202 g/mol. The van der Waals surface area contributed by atoms with Crippen molar-refractivity contribution in [3.05, 3.63) is 36.2 Å². The molecule has 0 atom stereocenters. The molecule has 4 nitrogen and oxygen atoms in total. The summed E-state index contributed by atoms with van der Waals surface area (Å²) in [5.41, 5.74) is 1.73. The van der Waals surface area contributed by atoms with Gasteiger partial charge in [0.2, 0.25) is 0 Å². The summed E-state index contributed by atoms with van der Waals surface area (Å²) in [6, 6.07) is 7.64. The Morgan fingerprint density at radius 3 is 3.06 bits per heavy atom. The molecule has 4 heteroatoms. The van der Waals surface area contributed by atoms with Gasteiger partial charge in [0.25, 0.3) is 0 Å². The van der Waals surface area contributed by atoms with Crippen LogP contribution in [0.2, 0.25) is 0 Å². The van der Waals surface area contributed by atoms with Crippen molar-refractivity contribution in [2.75, 3.05) is 6.54 Å². The Kier molecular flexibility index (Phi) is 3.66. The Balaban J connectivity index is 2.02. The molecule has 1 N–H and O–H groups in total. The van der Waals surface area contributed by atoms with Crippen LogP contribution in [0, 0.1) is 0 Å². The molecular formula is C12H15N3O. The van der Waals surface area contributed by atoms with Crippen LogP contribution in [-0.2, 0) is 6.54 Å². The fraction of sp³-hybridized carbons (Fsp3) is 0.333. The zero-order valence-electron chi connectivity index (χ0n) is 9.31. The summed E-state index contributed by atoms with van der Waals surface area (Å²) in [6.07, 6.45) is 2.86. The molecule has 0 saturated carbocycles. The molecule has 0 spiro atoms. The number of nitrogens with one attached hydrogen (secondary N) is 1. The normalized spacial score (nSPS) is 10.6. The van der Waals surface area contributed by atoms with Gasteiger partial charge in [0.15, 0.2) is 5.76 Å². The summed E-state index contributed by atoms with van der Waals surface area (Å²) in [7, 11) is 0. The lowest BCUT2D eigenvalue weighted by Crippen LogP contribution is -2.13. The minimum atomic E-state index is 0.717. The first-order valence-electron chi connectivity index (χ1n) is 5.48. The Morgan fingerprint density at radius 1 is 1.38 bits per heavy atom. The third-order valence-electron chi connectivity index (χ3n) is 2.21. The summed E-state index contributed by atoms with van der Waals surface area (Å²) < 4.78 is 5.23. The predicted molar refractivity (Wildman–Crippen MR) is 61.7 cm³/mol. The molecule has 0 unspecified atom stereocenters. The molecule has 84 valence electrons. The van der Waals surface area contributed by atoms with E-state index >= 15 is 0 Å². The summed E-state index contributed by atoms with van der Waals surface area (Å²) >= 11 is 0. The highest BCUT2D eigenvalue weighted by Crippen LogP contribution is 2.16. The lowest BCUT2D eigenvalue weighted by Gasteiger charge is -1.96. The fourth-order valence-corrected chi connectivity index (χ4v) is 1.42. The van der Waals surface area contributed by atoms with E-state index in [9.17, 15) is 0 Å². The Labute approximate surface area is 94.7 Å². The van der Waals surface area contributed by atoms with E-state index in [-0.39, 0.29) is 0 Å². The molecule has 0 radical (unpaired) electrons. The van der Waals surface area contributed by atoms with E-state index in [1.54, 1.807) is 6.20 Å². The average Bonchev–Trinajstić information content (AvgIpc) is 2.79. The molecule has 0 aromatic carbocycles. The van der Waals surface area contributed by atoms with Crippen molar-refractivity contribution < 1.29 is 4.52 Å². The van der Waals surface area contributed by atoms with Crippen molar-refractivity contribution in [2.24, 2.45) is 0 Å². The summed E-state index contributed by atoms with van der Waals surface area (Å²) in [5, 5.41) is 7.26. The lowest BCUT2D eigenvalue weighted by atomic mass is 10.2. The number of nitrogens with zero attached hydrogens (tertiary/aromatic N) is 2. The molecule has 0 aliphatic heterocycles. The number of hydrogen-bond acceptors (Lipinski definition) is 4. The van der Waals surface area contributed by atoms with Gasteiger partial charge in [-0.1, -0.05) is 18.1 Å². The van der Waals surface area contributed by atoms with E-state index in [4.69, 9.17) is 4.52 Å². The molecule has 2 heterocycles. The van der Waals surface area contributed by atoms with Crippen molar-refractivity contribution >= 4 is 0 Å². The maximum atomic E-state index is 5.23. The maximum absolute atomic E-state index is 5.23. The van der Waals surface area contributed by atoms with Gasteiger partial charge < -0.3 is 9.84 Å². The predicted octanol–water partition coefficient (Wildman–Crippen LogP) is 2.24. The van der Waals surface area contributed by atoms with Crippen LogP contribution < -0.4 is 5.32 Å². The third-order valence-corrected chi connectivity index (χ3v) is 2.21. The van der Waals surface area contributed by atoms with Crippen molar-refractivity contribution in [3.63, 3.8) is 0 Å². The zero-order chi connectivity index (χ0) is 11.2. The van der Waals surface area contributed by atoms with E-state index in [0.717, 1.165) is 30.9 Å². The van der Waals surface area contributed by atoms with Gasteiger partial charge in [-0.15, -0.1) is 0 Å². The quantitative estimate of drug-likeness (QED) is 0.780. The first-order valence-corrected chi connectivity index (χ1v) is 5.48. The maximum Gasteiger partial charge on any atom is 0.185 e. The van der Waals surface area contributed by atoms with Gasteiger partial charge in [0.05, 0.1) is 5.69 Å². The molecule has 2 rings (SSSR count). The van der Waals surface area contributed by atoms with E-state index in [1.807, 2.05) is 24.3 Å². The van der Waals surface area contributed by atoms with Crippen LogP contribution in [0.5, 0.6) is 0 Å². The molecule has 0 amide bonds. The molecule has 0 fully saturated rings. The molecule has 16 heavy (non-hydrogen) atoms. The molecule has 0 saturated heterocycles. The van der Waals surface area contributed by atoms with Gasteiger partial charge in [0.1, 0.15) is 5.69 Å². The van der Waals surface area contributed by atoms with Crippen LogP contribution in [0.25, 0.3) is 11.5 Å². The summed E-state index contributed by atoms with van der Waals surface area (Å²) in [5.74, 6) is 0.717. The second kappa shape index (κ2) is 5.42. The first kappa shape index (κ1) is 10.8. The average molecular weight is 217 g/mol. The molecule has 0 aliphatic rings. The first-order chi connectivity index (χ1) is 7.90. The summed E-state index contributed by atoms with van der Waals surface area (Å²) in [4.78, 5) is 4.20. The third kappa shape index (κ3) is 2.67. The van der Waals surface area contributed by atoms with E-state index < -0.39 is 0 Å². The fourth-order valence-electron chi connectivity index (χ4n) is 1.42. The van der Waals surface area contributed by atoms with E-state index in [2.05, 4.69) is 22.4 Å². The number of rotatable bonds is 5. The van der Waals surface area contributed by atoms with Gasteiger partial charge in [-0.25, -0.2) is 0 Å². The van der Waals surface area contributed by atoms with Crippen LogP contribution in [0.4, 0.5) is 0 Å². The SMILES string of the molecule is CCCNCc1cc(-c2ccccn2)on1. The highest BCUT2D eigenvalue weighted by atomic mass is 16.5. The van der Waals surface area contributed by atoms with Gasteiger partial charge in [0, 0.05) is 18.8 Å². The van der Waals surface area contributed by atoms with Crippen molar-refractivity contribution in [3.8, 4) is 11.5 Å². The molecule has 0 aliphatic carbocycles. The van der Waals surface area contributed by atoms with Crippen LogP contribution in [0.3, 0.4) is 0 Å². The van der Waals surface area contributed by atoms with Gasteiger partial charge in [-0.3, -0.25) is 4.98 Å². The highest BCUT2D eigenvalue weighted by molar-refractivity contribution is 5.51. The molecule has 2 aromatic rings. The second-order valence-electron chi connectivity index (χ2n) is 3.57. The van der Waals surface area contributed by atoms with Gasteiger partial charge in [-0.05, 0) is 25.1 Å². The molecule has 2 aromatic heterocycles. The largest absolute Gasteiger partial charge is 0.354 e. The topological polar surface area (TPSA) is 51.0 Å². The second-order valence-corrected chi connectivity index (χ2v) is 3.57. The summed E-state index contributed by atoms with van der Waals surface area (Å²) in [6.45, 7) is 3.87. The van der Waals surface area contributed by atoms with Crippen LogP contribution in [0.15, 0.2) is 35.0 Å². The van der Waals surface area contributed by atoms with Crippen LogP contribution in [-0.4, -0.2) is 16.7 Å². The molecule has 0 bridgehead atoms. The van der Waals surface area contributed by atoms with E-state index in [0.29, 0.717) is 5.76 Å². The number of hydrogen-bond donors (Lipinski definition) is 1. The smallest absolute Gasteiger partial charge is 0.185 e. The number of aromatic nitrogens is 2. The van der Waals surface area contributed by atoms with E-state index in [1.165, 1.54) is 0 Å². The van der Waals surface area contributed by atoms with Crippen molar-refractivity contribution in [1.29, 1.82) is 0 Å². The highest BCUT2D eigenvalue weighted by Gasteiger charge is 2.06. The van der Waals surface area contributed by atoms with Crippen molar-refractivity contribution in [2.45, 2.75) is 19.9 Å². The van der Waals surface area contributed by atoms with Crippen LogP contribution in [0.1, 0.15) is 19.0 Å². The Bertz CT molecular complexity index is 425. The van der Waals surface area contributed by atoms with Gasteiger partial charge in [-0.2, -0.15) is 0 Å². The minimum Gasteiger partial charge on any atom is -0.354 e. The monoisotopic (exact) mass is 217 g/mol. The standard InChI is InChI=1S/C12H15N3O/c1-2-6-13-9-10-8-12(16-15-10)11-5-3-4-7-14-11/h3-5,7-8,13H,2,6,9H2,1H3. The Morgan fingerprint density at radius 2 is 2.31 bits per heavy atom. The minimum absolute atomic E-state index is 0.717. The van der Waals surface area contributed by atoms with Crippen molar-refractivity contribution in [1.82, 2.24) is 15.5 Å². The lowest BCUT2D eigenvalue weighted by molar-refractivity contribution is 0.419. The Hall–Kier alpha value is -1.68.